The van der Waals surface area contributed by atoms with Crippen LogP contribution < -0.4 is 5.32 Å². The number of carboxylic acid groups (broad SMARTS) is 1. The molecule has 0 unspecified atom stereocenters. The largest absolute Gasteiger partial charge is 0.481 e. The van der Waals surface area contributed by atoms with Crippen LogP contribution >= 0.6 is 11.3 Å². The number of nitrogens with one attached hydrogen (secondary N) is 1. The lowest BCUT2D eigenvalue weighted by Crippen LogP contribution is -2.41. The Morgan fingerprint density at radius 1 is 1.33 bits per heavy atom. The quantitative estimate of drug-likeness (QED) is 0.810. The molecule has 0 atom stereocenters. The average Bonchev–Trinajstić information content (AvgIpc) is 2.93. The van der Waals surface area contributed by atoms with Crippen molar-refractivity contribution in [2.75, 3.05) is 11.9 Å². The molecule has 3 rings (SSSR count). The second-order valence-corrected chi connectivity index (χ2v) is 6.81. The topological polar surface area (TPSA) is 69.6 Å². The van der Waals surface area contributed by atoms with E-state index in [4.69, 9.17) is 5.11 Å². The fourth-order valence-corrected chi connectivity index (χ4v) is 3.69. The Bertz CT molecular complexity index is 644. The number of hydrogen-bond acceptors (Lipinski definition) is 4. The highest BCUT2D eigenvalue weighted by molar-refractivity contribution is 7.17. The van der Waals surface area contributed by atoms with Crippen LogP contribution in [-0.4, -0.2) is 28.3 Å². The molecule has 0 radical (unpaired) electrons. The molecule has 21 heavy (non-hydrogen) atoms. The summed E-state index contributed by atoms with van der Waals surface area (Å²) in [5, 5.41) is 26.1. The third-order valence-corrected chi connectivity index (χ3v) is 5.24. The lowest BCUT2D eigenvalue weighted by molar-refractivity contribution is -0.144. The smallest absolute Gasteiger partial charge is 0.306 e. The summed E-state index contributed by atoms with van der Waals surface area (Å²) >= 11 is 1.71. The van der Waals surface area contributed by atoms with Crippen LogP contribution in [0, 0.1) is 5.92 Å². The Morgan fingerprint density at radius 2 is 2.10 bits per heavy atom. The molecule has 1 aliphatic rings. The van der Waals surface area contributed by atoms with Gasteiger partial charge in [-0.1, -0.05) is 0 Å². The van der Waals surface area contributed by atoms with Crippen LogP contribution in [0.25, 0.3) is 10.1 Å². The Morgan fingerprint density at radius 3 is 2.81 bits per heavy atom. The number of fused-ring (bicyclic) bond motifs is 1. The highest BCUT2D eigenvalue weighted by Crippen LogP contribution is 2.33. The van der Waals surface area contributed by atoms with Crippen molar-refractivity contribution in [3.8, 4) is 0 Å². The van der Waals surface area contributed by atoms with Crippen molar-refractivity contribution in [3.63, 3.8) is 0 Å². The molecular weight excluding hydrogens is 286 g/mol. The van der Waals surface area contributed by atoms with E-state index < -0.39 is 11.6 Å². The molecule has 2 aromatic rings. The van der Waals surface area contributed by atoms with Gasteiger partial charge >= 0.3 is 5.97 Å². The number of thiophene rings is 1. The average molecular weight is 305 g/mol. The number of benzene rings is 1. The normalized spacial score (nSPS) is 25.9. The number of anilines is 1. The summed E-state index contributed by atoms with van der Waals surface area (Å²) in [6.45, 7) is 0.467. The Hall–Kier alpha value is -1.59. The van der Waals surface area contributed by atoms with E-state index in [9.17, 15) is 9.90 Å². The van der Waals surface area contributed by atoms with Gasteiger partial charge in [0.2, 0.25) is 0 Å². The van der Waals surface area contributed by atoms with Crippen molar-refractivity contribution in [1.29, 1.82) is 0 Å². The van der Waals surface area contributed by atoms with E-state index in [1.807, 2.05) is 6.07 Å². The molecule has 1 aromatic carbocycles. The van der Waals surface area contributed by atoms with Gasteiger partial charge in [-0.05, 0) is 60.7 Å². The van der Waals surface area contributed by atoms with Gasteiger partial charge in [-0.15, -0.1) is 11.3 Å². The molecule has 5 heteroatoms. The fraction of sp³-hybridized carbons (Fsp3) is 0.438. The minimum absolute atomic E-state index is 0.299. The number of carboxylic acids is 1. The van der Waals surface area contributed by atoms with Crippen molar-refractivity contribution in [3.05, 3.63) is 29.6 Å². The summed E-state index contributed by atoms with van der Waals surface area (Å²) in [5.41, 5.74) is 0.199. The van der Waals surface area contributed by atoms with E-state index >= 15 is 0 Å². The lowest BCUT2D eigenvalue weighted by atomic mass is 9.79. The molecule has 112 valence electrons. The summed E-state index contributed by atoms with van der Waals surface area (Å²) in [6.07, 6.45) is 2.18. The van der Waals surface area contributed by atoms with Crippen molar-refractivity contribution >= 4 is 33.1 Å². The second-order valence-electron chi connectivity index (χ2n) is 5.86. The first-order chi connectivity index (χ1) is 10.1. The summed E-state index contributed by atoms with van der Waals surface area (Å²) in [6, 6.07) is 8.26. The minimum atomic E-state index is -0.796. The molecule has 0 spiro atoms. The molecule has 1 heterocycles. The Balaban J connectivity index is 1.60. The van der Waals surface area contributed by atoms with Crippen LogP contribution in [0.3, 0.4) is 0 Å². The first-order valence-corrected chi connectivity index (χ1v) is 8.10. The second kappa shape index (κ2) is 5.66. The molecule has 1 saturated carbocycles. The maximum atomic E-state index is 10.9. The number of hydrogen-bond donors (Lipinski definition) is 3. The van der Waals surface area contributed by atoms with Gasteiger partial charge in [0.25, 0.3) is 0 Å². The van der Waals surface area contributed by atoms with Gasteiger partial charge in [0.15, 0.2) is 0 Å². The van der Waals surface area contributed by atoms with E-state index in [1.165, 1.54) is 10.1 Å². The number of rotatable bonds is 4. The van der Waals surface area contributed by atoms with Crippen molar-refractivity contribution in [2.45, 2.75) is 31.3 Å². The predicted octanol–water partition coefficient (Wildman–Crippen LogP) is 3.32. The number of aliphatic hydroxyl groups is 1. The van der Waals surface area contributed by atoms with Gasteiger partial charge in [-0.2, -0.15) is 0 Å². The van der Waals surface area contributed by atoms with E-state index in [-0.39, 0.29) is 5.92 Å². The number of carbonyl (C=O) groups is 1. The lowest BCUT2D eigenvalue weighted by Gasteiger charge is -2.35. The molecule has 3 N–H and O–H groups in total. The SMILES string of the molecule is O=C(O)C1CCC(O)(CNc2ccc3sccc3c2)CC1. The number of aliphatic carboxylic acids is 1. The molecular formula is C16H19NO3S. The Labute approximate surface area is 127 Å². The highest BCUT2D eigenvalue weighted by atomic mass is 32.1. The maximum absolute atomic E-state index is 10.9. The first-order valence-electron chi connectivity index (χ1n) is 7.22. The van der Waals surface area contributed by atoms with Crippen molar-refractivity contribution in [1.82, 2.24) is 0 Å². The molecule has 1 fully saturated rings. The van der Waals surface area contributed by atoms with Gasteiger partial charge in [-0.3, -0.25) is 4.79 Å². The van der Waals surface area contributed by atoms with Gasteiger partial charge < -0.3 is 15.5 Å². The summed E-state index contributed by atoms with van der Waals surface area (Å²) in [7, 11) is 0. The van der Waals surface area contributed by atoms with Crippen LogP contribution in [-0.2, 0) is 4.79 Å². The van der Waals surface area contributed by atoms with E-state index in [0.717, 1.165) is 5.69 Å². The third-order valence-electron chi connectivity index (χ3n) is 4.34. The molecule has 0 saturated heterocycles. The van der Waals surface area contributed by atoms with Crippen LogP contribution in [0.2, 0.25) is 0 Å². The van der Waals surface area contributed by atoms with Gasteiger partial charge in [0.1, 0.15) is 0 Å². The summed E-state index contributed by atoms with van der Waals surface area (Å²) in [4.78, 5) is 10.9. The van der Waals surface area contributed by atoms with Crippen molar-refractivity contribution in [2.24, 2.45) is 5.92 Å². The zero-order valence-corrected chi connectivity index (χ0v) is 12.5. The molecule has 0 amide bonds. The monoisotopic (exact) mass is 305 g/mol. The molecule has 0 aliphatic heterocycles. The molecule has 4 nitrogen and oxygen atoms in total. The Kier molecular flexibility index (Phi) is 3.87. The van der Waals surface area contributed by atoms with Crippen LogP contribution in [0.4, 0.5) is 5.69 Å². The first kappa shape index (κ1) is 14.4. The van der Waals surface area contributed by atoms with Gasteiger partial charge in [0, 0.05) is 16.9 Å². The predicted molar refractivity (Wildman–Crippen MR) is 84.9 cm³/mol. The minimum Gasteiger partial charge on any atom is -0.481 e. The standard InChI is InChI=1S/C16H19NO3S/c18-15(19)11-3-6-16(20,7-4-11)10-17-13-1-2-14-12(9-13)5-8-21-14/h1-2,5,8-9,11,17,20H,3-4,6-7,10H2,(H,18,19). The van der Waals surface area contributed by atoms with E-state index in [0.29, 0.717) is 32.2 Å². The van der Waals surface area contributed by atoms with Crippen LogP contribution in [0.1, 0.15) is 25.7 Å². The zero-order valence-electron chi connectivity index (χ0n) is 11.7. The molecule has 0 bridgehead atoms. The third kappa shape index (κ3) is 3.19. The van der Waals surface area contributed by atoms with E-state index in [1.54, 1.807) is 11.3 Å². The fourth-order valence-electron chi connectivity index (χ4n) is 2.92. The van der Waals surface area contributed by atoms with Gasteiger partial charge in [-0.25, -0.2) is 0 Å². The van der Waals surface area contributed by atoms with Crippen molar-refractivity contribution < 1.29 is 15.0 Å². The van der Waals surface area contributed by atoms with Crippen LogP contribution in [0.15, 0.2) is 29.6 Å². The van der Waals surface area contributed by atoms with Gasteiger partial charge in [0.05, 0.1) is 11.5 Å². The summed E-state index contributed by atoms with van der Waals surface area (Å²) in [5.74, 6) is -1.04. The van der Waals surface area contributed by atoms with Crippen LogP contribution in [0.5, 0.6) is 0 Å². The van der Waals surface area contributed by atoms with E-state index in [2.05, 4.69) is 28.9 Å². The maximum Gasteiger partial charge on any atom is 0.306 e. The molecule has 1 aliphatic carbocycles. The summed E-state index contributed by atoms with van der Waals surface area (Å²) < 4.78 is 1.25. The highest BCUT2D eigenvalue weighted by Gasteiger charge is 2.35. The molecule has 1 aromatic heterocycles. The zero-order chi connectivity index (χ0) is 14.9.